The molecule has 0 aliphatic rings. The van der Waals surface area contributed by atoms with Crippen LogP contribution in [0.2, 0.25) is 0 Å². The van der Waals surface area contributed by atoms with Crippen molar-refractivity contribution in [2.75, 3.05) is 12.5 Å². The van der Waals surface area contributed by atoms with E-state index in [4.69, 9.17) is 16.3 Å². The predicted octanol–water partition coefficient (Wildman–Crippen LogP) is 3.70. The highest BCUT2D eigenvalue weighted by atomic mass is 35.5. The first-order valence-corrected chi connectivity index (χ1v) is 6.03. The van der Waals surface area contributed by atoms with E-state index in [2.05, 4.69) is 25.7 Å². The Kier molecular flexibility index (Phi) is 5.82. The molecule has 1 rings (SSSR count). The van der Waals surface area contributed by atoms with E-state index in [9.17, 15) is 0 Å². The van der Waals surface area contributed by atoms with Gasteiger partial charge < -0.3 is 4.74 Å². The Morgan fingerprint density at radius 1 is 1.25 bits per heavy atom. The van der Waals surface area contributed by atoms with Crippen molar-refractivity contribution in [2.24, 2.45) is 5.92 Å². The Labute approximate surface area is 103 Å². The lowest BCUT2D eigenvalue weighted by atomic mass is 10.2. The summed E-state index contributed by atoms with van der Waals surface area (Å²) in [6.45, 7) is 5.01. The summed E-state index contributed by atoms with van der Waals surface area (Å²) in [5.41, 5.74) is 1.00. The van der Waals surface area contributed by atoms with E-state index < -0.39 is 0 Å². The van der Waals surface area contributed by atoms with Crippen molar-refractivity contribution in [1.82, 2.24) is 0 Å². The molecule has 1 nitrogen and oxygen atoms in total. The number of alkyl halides is 1. The van der Waals surface area contributed by atoms with Crippen LogP contribution in [0.5, 0.6) is 5.75 Å². The second-order valence-corrected chi connectivity index (χ2v) is 4.35. The highest BCUT2D eigenvalue weighted by Gasteiger charge is 1.96. The van der Waals surface area contributed by atoms with Crippen molar-refractivity contribution in [2.45, 2.75) is 20.3 Å². The summed E-state index contributed by atoms with van der Waals surface area (Å²) in [6.07, 6.45) is 0.729. The normalized spacial score (nSPS) is 9.75. The van der Waals surface area contributed by atoms with Crippen LogP contribution in [-0.4, -0.2) is 12.5 Å². The highest BCUT2D eigenvalue weighted by Crippen LogP contribution is 2.12. The Balaban J connectivity index is 2.52. The number of halogens is 1. The summed E-state index contributed by atoms with van der Waals surface area (Å²) in [6, 6.07) is 7.84. The van der Waals surface area contributed by atoms with Gasteiger partial charge in [-0.15, -0.1) is 11.6 Å². The van der Waals surface area contributed by atoms with Gasteiger partial charge >= 0.3 is 0 Å². The second-order valence-electron chi connectivity index (χ2n) is 3.97. The SMILES string of the molecule is CC(C)COc1ccc(C#CCCCl)cc1. The Bertz CT molecular complexity index is 357. The average molecular weight is 237 g/mol. The van der Waals surface area contributed by atoms with Crippen LogP contribution in [0.25, 0.3) is 0 Å². The van der Waals surface area contributed by atoms with Crippen molar-refractivity contribution in [3.8, 4) is 17.6 Å². The van der Waals surface area contributed by atoms with Crippen molar-refractivity contribution in [3.05, 3.63) is 29.8 Å². The third-order valence-electron chi connectivity index (χ3n) is 1.89. The van der Waals surface area contributed by atoms with Crippen molar-refractivity contribution in [3.63, 3.8) is 0 Å². The van der Waals surface area contributed by atoms with Crippen LogP contribution in [0.1, 0.15) is 25.8 Å². The molecule has 0 unspecified atom stereocenters. The second kappa shape index (κ2) is 7.19. The van der Waals surface area contributed by atoms with E-state index in [1.807, 2.05) is 24.3 Å². The predicted molar refractivity (Wildman–Crippen MR) is 69.0 cm³/mol. The van der Waals surface area contributed by atoms with Crippen molar-refractivity contribution < 1.29 is 4.74 Å². The molecule has 0 fully saturated rings. The summed E-state index contributed by atoms with van der Waals surface area (Å²) in [7, 11) is 0. The van der Waals surface area contributed by atoms with Crippen LogP contribution in [0.15, 0.2) is 24.3 Å². The molecule has 0 aliphatic carbocycles. The lowest BCUT2D eigenvalue weighted by molar-refractivity contribution is 0.271. The molecule has 0 N–H and O–H groups in total. The van der Waals surface area contributed by atoms with Crippen LogP contribution < -0.4 is 4.74 Å². The zero-order chi connectivity index (χ0) is 11.8. The zero-order valence-electron chi connectivity index (χ0n) is 9.79. The van der Waals surface area contributed by atoms with E-state index in [0.717, 1.165) is 24.3 Å². The van der Waals surface area contributed by atoms with Crippen LogP contribution in [0, 0.1) is 17.8 Å². The van der Waals surface area contributed by atoms with Gasteiger partial charge in [-0.25, -0.2) is 0 Å². The molecule has 0 spiro atoms. The van der Waals surface area contributed by atoms with Gasteiger partial charge in [0.05, 0.1) is 6.61 Å². The van der Waals surface area contributed by atoms with Gasteiger partial charge in [0.25, 0.3) is 0 Å². The molecule has 86 valence electrons. The standard InChI is InChI=1S/C14H17ClO/c1-12(2)11-16-14-8-6-13(7-9-14)5-3-4-10-15/h6-9,12H,4,10-11H2,1-2H3. The van der Waals surface area contributed by atoms with Crippen LogP contribution in [0.4, 0.5) is 0 Å². The number of benzene rings is 1. The molecule has 1 aromatic rings. The quantitative estimate of drug-likeness (QED) is 0.572. The molecule has 16 heavy (non-hydrogen) atoms. The Morgan fingerprint density at radius 2 is 1.94 bits per heavy atom. The molecular weight excluding hydrogens is 220 g/mol. The van der Waals surface area contributed by atoms with Crippen LogP contribution in [0.3, 0.4) is 0 Å². The molecule has 0 aliphatic heterocycles. The molecule has 0 radical (unpaired) electrons. The molecule has 0 aromatic heterocycles. The summed E-state index contributed by atoms with van der Waals surface area (Å²) in [5.74, 6) is 8.08. The first-order chi connectivity index (χ1) is 7.72. The lowest BCUT2D eigenvalue weighted by Crippen LogP contribution is -2.04. The van der Waals surface area contributed by atoms with E-state index >= 15 is 0 Å². The van der Waals surface area contributed by atoms with Gasteiger partial charge in [-0.05, 0) is 30.2 Å². The van der Waals surface area contributed by atoms with Crippen molar-refractivity contribution >= 4 is 11.6 Å². The first-order valence-electron chi connectivity index (χ1n) is 5.50. The number of rotatable bonds is 4. The fraction of sp³-hybridized carbons (Fsp3) is 0.429. The molecule has 0 saturated carbocycles. The maximum absolute atomic E-state index is 5.58. The van der Waals surface area contributed by atoms with Gasteiger partial charge in [0.15, 0.2) is 0 Å². The zero-order valence-corrected chi connectivity index (χ0v) is 10.6. The number of ether oxygens (including phenoxy) is 1. The summed E-state index contributed by atoms with van der Waals surface area (Å²) in [5, 5.41) is 0. The van der Waals surface area contributed by atoms with Gasteiger partial charge in [0.1, 0.15) is 5.75 Å². The Hall–Kier alpha value is -1.13. The van der Waals surface area contributed by atoms with Gasteiger partial charge in [-0.3, -0.25) is 0 Å². The van der Waals surface area contributed by atoms with Gasteiger partial charge in [0.2, 0.25) is 0 Å². The van der Waals surface area contributed by atoms with Gasteiger partial charge in [-0.1, -0.05) is 25.7 Å². The number of hydrogen-bond donors (Lipinski definition) is 0. The summed E-state index contributed by atoms with van der Waals surface area (Å²) < 4.78 is 5.58. The topological polar surface area (TPSA) is 9.23 Å². The molecule has 0 heterocycles. The average Bonchev–Trinajstić information content (AvgIpc) is 2.28. The minimum Gasteiger partial charge on any atom is -0.493 e. The maximum atomic E-state index is 5.58. The van der Waals surface area contributed by atoms with Gasteiger partial charge in [-0.2, -0.15) is 0 Å². The maximum Gasteiger partial charge on any atom is 0.119 e. The molecule has 2 heteroatoms. The Morgan fingerprint density at radius 3 is 2.50 bits per heavy atom. The van der Waals surface area contributed by atoms with Crippen LogP contribution >= 0.6 is 11.6 Å². The molecule has 0 atom stereocenters. The van der Waals surface area contributed by atoms with Crippen molar-refractivity contribution in [1.29, 1.82) is 0 Å². The largest absolute Gasteiger partial charge is 0.493 e. The highest BCUT2D eigenvalue weighted by molar-refractivity contribution is 6.18. The minimum absolute atomic E-state index is 0.545. The fourth-order valence-corrected chi connectivity index (χ4v) is 1.20. The third kappa shape index (κ3) is 5.09. The van der Waals surface area contributed by atoms with Gasteiger partial charge in [0, 0.05) is 17.9 Å². The molecule has 0 amide bonds. The van der Waals surface area contributed by atoms with Crippen LogP contribution in [-0.2, 0) is 0 Å². The summed E-state index contributed by atoms with van der Waals surface area (Å²) in [4.78, 5) is 0. The lowest BCUT2D eigenvalue weighted by Gasteiger charge is -2.07. The minimum atomic E-state index is 0.545. The van der Waals surface area contributed by atoms with E-state index in [1.54, 1.807) is 0 Å². The first kappa shape index (κ1) is 12.9. The molecule has 0 saturated heterocycles. The number of hydrogen-bond acceptors (Lipinski definition) is 1. The van der Waals surface area contributed by atoms with E-state index in [0.29, 0.717) is 11.8 Å². The van der Waals surface area contributed by atoms with E-state index in [-0.39, 0.29) is 0 Å². The molecule has 1 aromatic carbocycles. The van der Waals surface area contributed by atoms with E-state index in [1.165, 1.54) is 0 Å². The third-order valence-corrected chi connectivity index (χ3v) is 2.08. The fourth-order valence-electron chi connectivity index (χ4n) is 1.11. The summed E-state index contributed by atoms with van der Waals surface area (Å²) >= 11 is 5.54. The molecular formula is C14H17ClO. The molecule has 0 bridgehead atoms. The monoisotopic (exact) mass is 236 g/mol. The smallest absolute Gasteiger partial charge is 0.119 e.